The minimum Gasteiger partial charge on any atom is -0.361 e. The molecule has 1 aromatic rings. The van der Waals surface area contributed by atoms with Gasteiger partial charge in [-0.1, -0.05) is 32.9 Å². The molecule has 4 nitrogen and oxygen atoms in total. The number of hydrogen-bond donors (Lipinski definition) is 1. The molecule has 1 N–H and O–H groups in total. The molecule has 0 radical (unpaired) electrons. The zero-order valence-corrected chi connectivity index (χ0v) is 14.1. The molecule has 4 heteroatoms. The molecular formula is C17H31N3O. The highest BCUT2D eigenvalue weighted by Crippen LogP contribution is 2.14. The van der Waals surface area contributed by atoms with Gasteiger partial charge in [0.05, 0.1) is 5.69 Å². The average Bonchev–Trinajstić information content (AvgIpc) is 2.84. The number of aromatic nitrogens is 1. The summed E-state index contributed by atoms with van der Waals surface area (Å²) < 4.78 is 5.38. The number of nitrogens with zero attached hydrogens (tertiary/aromatic N) is 2. The van der Waals surface area contributed by atoms with Crippen molar-refractivity contribution in [2.45, 2.75) is 59.5 Å². The minimum absolute atomic E-state index is 0.615. The molecule has 120 valence electrons. The molecule has 1 aliphatic heterocycles. The Morgan fingerprint density at radius 2 is 1.95 bits per heavy atom. The van der Waals surface area contributed by atoms with Crippen molar-refractivity contribution in [2.24, 2.45) is 11.8 Å². The molecule has 1 saturated heterocycles. The SMILES string of the molecule is CC(C)Cc1cc(CNC2CCN(CC(C)C)CC2)no1. The molecule has 2 rings (SSSR count). The Labute approximate surface area is 129 Å². The predicted octanol–water partition coefficient (Wildman–Crippen LogP) is 3.08. The number of likely N-dealkylation sites (tertiary alicyclic amines) is 1. The Bertz CT molecular complexity index is 406. The van der Waals surface area contributed by atoms with E-state index in [9.17, 15) is 0 Å². The number of rotatable bonds is 7. The van der Waals surface area contributed by atoms with Crippen LogP contribution in [0.15, 0.2) is 10.6 Å². The average molecular weight is 293 g/mol. The molecule has 1 fully saturated rings. The van der Waals surface area contributed by atoms with E-state index in [0.717, 1.165) is 30.3 Å². The predicted molar refractivity (Wildman–Crippen MR) is 86.2 cm³/mol. The van der Waals surface area contributed by atoms with Gasteiger partial charge in [0.15, 0.2) is 0 Å². The van der Waals surface area contributed by atoms with Crippen LogP contribution in [0.5, 0.6) is 0 Å². The molecule has 1 aliphatic rings. The molecule has 21 heavy (non-hydrogen) atoms. The van der Waals surface area contributed by atoms with Gasteiger partial charge in [-0.25, -0.2) is 0 Å². The molecule has 0 saturated carbocycles. The van der Waals surface area contributed by atoms with Crippen LogP contribution in [0, 0.1) is 11.8 Å². The van der Waals surface area contributed by atoms with Gasteiger partial charge in [-0.3, -0.25) is 0 Å². The van der Waals surface area contributed by atoms with Crippen molar-refractivity contribution in [2.75, 3.05) is 19.6 Å². The number of piperidine rings is 1. The van der Waals surface area contributed by atoms with Crippen LogP contribution in [-0.4, -0.2) is 35.7 Å². The van der Waals surface area contributed by atoms with Crippen molar-refractivity contribution in [3.8, 4) is 0 Å². The van der Waals surface area contributed by atoms with E-state index < -0.39 is 0 Å². The van der Waals surface area contributed by atoms with Gasteiger partial charge in [-0.05, 0) is 37.8 Å². The lowest BCUT2D eigenvalue weighted by Crippen LogP contribution is -2.43. The van der Waals surface area contributed by atoms with E-state index in [1.165, 1.54) is 32.5 Å². The second-order valence-corrected chi connectivity index (χ2v) is 7.23. The quantitative estimate of drug-likeness (QED) is 0.839. The van der Waals surface area contributed by atoms with Crippen LogP contribution in [0.2, 0.25) is 0 Å². The molecule has 0 atom stereocenters. The fraction of sp³-hybridized carbons (Fsp3) is 0.824. The smallest absolute Gasteiger partial charge is 0.137 e. The van der Waals surface area contributed by atoms with Gasteiger partial charge in [0.1, 0.15) is 5.76 Å². The summed E-state index contributed by atoms with van der Waals surface area (Å²) in [5.41, 5.74) is 1.04. The van der Waals surface area contributed by atoms with Crippen molar-refractivity contribution in [3.63, 3.8) is 0 Å². The van der Waals surface area contributed by atoms with Crippen LogP contribution in [0.3, 0.4) is 0 Å². The first kappa shape index (κ1) is 16.5. The molecule has 0 unspecified atom stereocenters. The molecular weight excluding hydrogens is 262 g/mol. The van der Waals surface area contributed by atoms with Crippen LogP contribution < -0.4 is 5.32 Å². The summed E-state index contributed by atoms with van der Waals surface area (Å²) in [6.07, 6.45) is 3.45. The van der Waals surface area contributed by atoms with Crippen molar-refractivity contribution in [1.29, 1.82) is 0 Å². The second kappa shape index (κ2) is 7.95. The lowest BCUT2D eigenvalue weighted by Gasteiger charge is -2.33. The summed E-state index contributed by atoms with van der Waals surface area (Å²) in [6, 6.07) is 2.72. The standard InChI is InChI=1S/C17H31N3O/c1-13(2)9-17-10-16(19-21-17)11-18-15-5-7-20(8-6-15)12-14(3)4/h10,13-15,18H,5-9,11-12H2,1-4H3. The monoisotopic (exact) mass is 293 g/mol. The number of nitrogens with one attached hydrogen (secondary N) is 1. The summed E-state index contributed by atoms with van der Waals surface area (Å²) in [5, 5.41) is 7.79. The van der Waals surface area contributed by atoms with E-state index in [1.54, 1.807) is 0 Å². The van der Waals surface area contributed by atoms with E-state index in [-0.39, 0.29) is 0 Å². The highest BCUT2D eigenvalue weighted by atomic mass is 16.5. The Morgan fingerprint density at radius 1 is 1.24 bits per heavy atom. The third kappa shape index (κ3) is 5.79. The highest BCUT2D eigenvalue weighted by Gasteiger charge is 2.19. The first-order chi connectivity index (χ1) is 10.0. The van der Waals surface area contributed by atoms with Crippen LogP contribution in [-0.2, 0) is 13.0 Å². The topological polar surface area (TPSA) is 41.3 Å². The third-order valence-electron chi connectivity index (χ3n) is 4.00. The maximum Gasteiger partial charge on any atom is 0.137 e. The van der Waals surface area contributed by atoms with Gasteiger partial charge in [0.2, 0.25) is 0 Å². The maximum absolute atomic E-state index is 5.38. The van der Waals surface area contributed by atoms with E-state index in [2.05, 4.69) is 49.1 Å². The van der Waals surface area contributed by atoms with Crippen LogP contribution in [0.1, 0.15) is 52.0 Å². The van der Waals surface area contributed by atoms with E-state index >= 15 is 0 Å². The zero-order valence-electron chi connectivity index (χ0n) is 14.1. The van der Waals surface area contributed by atoms with Crippen molar-refractivity contribution >= 4 is 0 Å². The Hall–Kier alpha value is -0.870. The Balaban J connectivity index is 1.68. The lowest BCUT2D eigenvalue weighted by atomic mass is 10.0. The molecule has 0 aromatic carbocycles. The molecule has 1 aromatic heterocycles. The number of hydrogen-bond acceptors (Lipinski definition) is 4. The van der Waals surface area contributed by atoms with Crippen molar-refractivity contribution in [1.82, 2.24) is 15.4 Å². The molecule has 0 amide bonds. The Kier molecular flexibility index (Phi) is 6.24. The summed E-state index contributed by atoms with van der Waals surface area (Å²) in [4.78, 5) is 2.58. The van der Waals surface area contributed by atoms with Crippen LogP contribution >= 0.6 is 0 Å². The third-order valence-corrected chi connectivity index (χ3v) is 4.00. The summed E-state index contributed by atoms with van der Waals surface area (Å²) in [6.45, 7) is 13.5. The largest absolute Gasteiger partial charge is 0.361 e. The Morgan fingerprint density at radius 3 is 2.57 bits per heavy atom. The van der Waals surface area contributed by atoms with Gasteiger partial charge in [0, 0.05) is 31.6 Å². The maximum atomic E-state index is 5.38. The van der Waals surface area contributed by atoms with Crippen molar-refractivity contribution in [3.05, 3.63) is 17.5 Å². The van der Waals surface area contributed by atoms with E-state index in [1.807, 2.05) is 0 Å². The zero-order chi connectivity index (χ0) is 15.2. The summed E-state index contributed by atoms with van der Waals surface area (Å²) >= 11 is 0. The first-order valence-electron chi connectivity index (χ1n) is 8.43. The highest BCUT2D eigenvalue weighted by molar-refractivity contribution is 5.05. The normalized spacial score (nSPS) is 18.0. The second-order valence-electron chi connectivity index (χ2n) is 7.23. The van der Waals surface area contributed by atoms with Gasteiger partial charge < -0.3 is 14.7 Å². The van der Waals surface area contributed by atoms with Gasteiger partial charge >= 0.3 is 0 Å². The summed E-state index contributed by atoms with van der Waals surface area (Å²) in [5.74, 6) is 2.39. The minimum atomic E-state index is 0.615. The van der Waals surface area contributed by atoms with E-state index in [4.69, 9.17) is 4.52 Å². The van der Waals surface area contributed by atoms with Gasteiger partial charge in [-0.15, -0.1) is 0 Å². The summed E-state index contributed by atoms with van der Waals surface area (Å²) in [7, 11) is 0. The van der Waals surface area contributed by atoms with Gasteiger partial charge in [-0.2, -0.15) is 0 Å². The van der Waals surface area contributed by atoms with Crippen molar-refractivity contribution < 1.29 is 4.52 Å². The molecule has 2 heterocycles. The molecule has 0 bridgehead atoms. The molecule has 0 aliphatic carbocycles. The first-order valence-corrected chi connectivity index (χ1v) is 8.43. The molecule has 0 spiro atoms. The lowest BCUT2D eigenvalue weighted by molar-refractivity contribution is 0.179. The van der Waals surface area contributed by atoms with Crippen LogP contribution in [0.25, 0.3) is 0 Å². The van der Waals surface area contributed by atoms with Crippen LogP contribution in [0.4, 0.5) is 0 Å². The fourth-order valence-electron chi connectivity index (χ4n) is 3.02. The fourth-order valence-corrected chi connectivity index (χ4v) is 3.02. The van der Waals surface area contributed by atoms with E-state index in [0.29, 0.717) is 12.0 Å². The van der Waals surface area contributed by atoms with Gasteiger partial charge in [0.25, 0.3) is 0 Å².